The molecule has 0 saturated heterocycles. The number of nitrogens with zero attached hydrogens (tertiary/aromatic N) is 2. The number of imidazole rings is 1. The van der Waals surface area contributed by atoms with Crippen molar-refractivity contribution in [2.45, 2.75) is 26.3 Å². The van der Waals surface area contributed by atoms with Crippen LogP contribution in [-0.4, -0.2) is 15.5 Å². The van der Waals surface area contributed by atoms with Crippen molar-refractivity contribution in [2.75, 3.05) is 5.32 Å². The lowest BCUT2D eigenvalue weighted by molar-refractivity contribution is -0.116. The molecule has 0 atom stereocenters. The summed E-state index contributed by atoms with van der Waals surface area (Å²) in [4.78, 5) is 16.2. The van der Waals surface area contributed by atoms with Crippen LogP contribution in [0, 0.1) is 0 Å². The van der Waals surface area contributed by atoms with E-state index in [2.05, 4.69) is 17.2 Å². The Morgan fingerprint density at radius 3 is 2.79 bits per heavy atom. The van der Waals surface area contributed by atoms with Crippen LogP contribution < -0.4 is 5.32 Å². The van der Waals surface area contributed by atoms with Crippen molar-refractivity contribution in [3.05, 3.63) is 47.5 Å². The number of rotatable bonds is 5. The minimum atomic E-state index is -0.0716. The molecule has 4 nitrogen and oxygen atoms in total. The van der Waals surface area contributed by atoms with Crippen LogP contribution in [0.15, 0.2) is 36.7 Å². The number of nitrogens with one attached hydrogen (secondary N) is 1. The summed E-state index contributed by atoms with van der Waals surface area (Å²) in [6.07, 6.45) is 5.43. The molecule has 0 bridgehead atoms. The van der Waals surface area contributed by atoms with Crippen molar-refractivity contribution in [1.82, 2.24) is 9.55 Å². The number of aryl methyl sites for hydroxylation is 1. The zero-order valence-corrected chi connectivity index (χ0v) is 11.5. The van der Waals surface area contributed by atoms with Crippen molar-refractivity contribution in [2.24, 2.45) is 0 Å². The standard InChI is InChI=1S/C14H16ClN3O/c1-2-3-13-16-8-9-18(13)10-14(19)17-12-6-4-11(15)5-7-12/h4-9H,2-3,10H2,1H3,(H,17,19). The van der Waals surface area contributed by atoms with Gasteiger partial charge in [-0.3, -0.25) is 4.79 Å². The maximum absolute atomic E-state index is 11.9. The lowest BCUT2D eigenvalue weighted by Crippen LogP contribution is -2.19. The lowest BCUT2D eigenvalue weighted by Gasteiger charge is -2.08. The molecular formula is C14H16ClN3O. The van der Waals surface area contributed by atoms with Gasteiger partial charge in [0.1, 0.15) is 12.4 Å². The van der Waals surface area contributed by atoms with Crippen LogP contribution in [0.3, 0.4) is 0 Å². The summed E-state index contributed by atoms with van der Waals surface area (Å²) in [6, 6.07) is 7.05. The van der Waals surface area contributed by atoms with Crippen LogP contribution >= 0.6 is 11.6 Å². The van der Waals surface area contributed by atoms with E-state index in [9.17, 15) is 4.79 Å². The SMILES string of the molecule is CCCc1nccn1CC(=O)Nc1ccc(Cl)cc1. The van der Waals surface area contributed by atoms with Gasteiger partial charge in [-0.25, -0.2) is 4.98 Å². The Morgan fingerprint density at radius 2 is 2.11 bits per heavy atom. The molecule has 0 unspecified atom stereocenters. The van der Waals surface area contributed by atoms with Gasteiger partial charge in [0.15, 0.2) is 0 Å². The van der Waals surface area contributed by atoms with Crippen molar-refractivity contribution < 1.29 is 4.79 Å². The summed E-state index contributed by atoms with van der Waals surface area (Å²) in [5.41, 5.74) is 0.742. The molecule has 2 rings (SSSR count). The van der Waals surface area contributed by atoms with E-state index in [-0.39, 0.29) is 12.5 Å². The highest BCUT2D eigenvalue weighted by Gasteiger charge is 2.07. The van der Waals surface area contributed by atoms with Gasteiger partial charge in [-0.1, -0.05) is 18.5 Å². The summed E-state index contributed by atoms with van der Waals surface area (Å²) in [5.74, 6) is 0.867. The van der Waals surface area contributed by atoms with Gasteiger partial charge < -0.3 is 9.88 Å². The first kappa shape index (κ1) is 13.6. The number of benzene rings is 1. The van der Waals surface area contributed by atoms with Gasteiger partial charge in [-0.15, -0.1) is 0 Å². The lowest BCUT2D eigenvalue weighted by atomic mass is 10.3. The summed E-state index contributed by atoms with van der Waals surface area (Å²) in [6.45, 7) is 2.37. The molecular weight excluding hydrogens is 262 g/mol. The molecule has 0 aliphatic carbocycles. The van der Waals surface area contributed by atoms with Crippen molar-refractivity contribution in [3.63, 3.8) is 0 Å². The molecule has 0 spiro atoms. The molecule has 0 aliphatic heterocycles. The van der Waals surface area contributed by atoms with Crippen molar-refractivity contribution in [1.29, 1.82) is 0 Å². The van der Waals surface area contributed by atoms with Crippen molar-refractivity contribution >= 4 is 23.2 Å². The Hall–Kier alpha value is -1.81. The van der Waals surface area contributed by atoms with Gasteiger partial charge >= 0.3 is 0 Å². The van der Waals surface area contributed by atoms with Crippen LogP contribution in [0.1, 0.15) is 19.2 Å². The van der Waals surface area contributed by atoms with E-state index in [1.807, 2.05) is 10.8 Å². The third-order valence-corrected chi connectivity index (χ3v) is 2.97. The number of aromatic nitrogens is 2. The number of halogens is 1. The molecule has 2 aromatic rings. The zero-order valence-electron chi connectivity index (χ0n) is 10.8. The Kier molecular flexibility index (Phi) is 4.58. The third kappa shape index (κ3) is 3.83. The monoisotopic (exact) mass is 277 g/mol. The summed E-state index contributed by atoms with van der Waals surface area (Å²) in [7, 11) is 0. The van der Waals surface area contributed by atoms with Crippen LogP contribution in [0.4, 0.5) is 5.69 Å². The van der Waals surface area contributed by atoms with E-state index in [0.717, 1.165) is 24.4 Å². The molecule has 0 aliphatic rings. The fourth-order valence-corrected chi connectivity index (χ4v) is 1.95. The molecule has 1 N–H and O–H groups in total. The zero-order chi connectivity index (χ0) is 13.7. The molecule has 5 heteroatoms. The van der Waals surface area contributed by atoms with Gasteiger partial charge in [0.05, 0.1) is 0 Å². The molecule has 100 valence electrons. The topological polar surface area (TPSA) is 46.9 Å². The van der Waals surface area contributed by atoms with E-state index in [0.29, 0.717) is 5.02 Å². The van der Waals surface area contributed by atoms with Crippen molar-refractivity contribution in [3.8, 4) is 0 Å². The van der Waals surface area contributed by atoms with Crippen LogP contribution in [0.2, 0.25) is 5.02 Å². The quantitative estimate of drug-likeness (QED) is 0.913. The Labute approximate surface area is 117 Å². The van der Waals surface area contributed by atoms with E-state index in [1.54, 1.807) is 30.5 Å². The van der Waals surface area contributed by atoms with Gasteiger partial charge in [0.2, 0.25) is 5.91 Å². The summed E-state index contributed by atoms with van der Waals surface area (Å²) in [5, 5.41) is 3.48. The molecule has 0 fully saturated rings. The predicted molar refractivity (Wildman–Crippen MR) is 76.3 cm³/mol. The van der Waals surface area contributed by atoms with E-state index >= 15 is 0 Å². The van der Waals surface area contributed by atoms with E-state index in [4.69, 9.17) is 11.6 Å². The minimum Gasteiger partial charge on any atom is -0.326 e. The number of amides is 1. The maximum atomic E-state index is 11.9. The van der Waals surface area contributed by atoms with Gasteiger partial charge in [-0.2, -0.15) is 0 Å². The van der Waals surface area contributed by atoms with Crippen LogP contribution in [0.25, 0.3) is 0 Å². The number of carbonyl (C=O) groups is 1. The highest BCUT2D eigenvalue weighted by Crippen LogP contribution is 2.13. The number of hydrogen-bond donors (Lipinski definition) is 1. The normalized spacial score (nSPS) is 10.4. The summed E-state index contributed by atoms with van der Waals surface area (Å²) < 4.78 is 1.87. The average Bonchev–Trinajstić information content (AvgIpc) is 2.80. The van der Waals surface area contributed by atoms with Gasteiger partial charge in [-0.05, 0) is 30.7 Å². The van der Waals surface area contributed by atoms with Crippen LogP contribution in [0.5, 0.6) is 0 Å². The fraction of sp³-hybridized carbons (Fsp3) is 0.286. The summed E-state index contributed by atoms with van der Waals surface area (Å²) >= 11 is 5.79. The molecule has 1 aromatic carbocycles. The Bertz CT molecular complexity index is 548. The second kappa shape index (κ2) is 6.38. The highest BCUT2D eigenvalue weighted by atomic mass is 35.5. The molecule has 1 heterocycles. The predicted octanol–water partition coefficient (Wildman–Crippen LogP) is 3.13. The van der Waals surface area contributed by atoms with E-state index in [1.165, 1.54) is 0 Å². The molecule has 1 amide bonds. The Morgan fingerprint density at radius 1 is 1.37 bits per heavy atom. The number of carbonyl (C=O) groups excluding carboxylic acids is 1. The molecule has 0 radical (unpaired) electrons. The number of anilines is 1. The largest absolute Gasteiger partial charge is 0.326 e. The molecule has 1 aromatic heterocycles. The highest BCUT2D eigenvalue weighted by molar-refractivity contribution is 6.30. The van der Waals surface area contributed by atoms with E-state index < -0.39 is 0 Å². The van der Waals surface area contributed by atoms with Gasteiger partial charge in [0, 0.05) is 29.5 Å². The molecule has 0 saturated carbocycles. The minimum absolute atomic E-state index is 0.0716. The first-order valence-electron chi connectivity index (χ1n) is 6.24. The van der Waals surface area contributed by atoms with Gasteiger partial charge in [0.25, 0.3) is 0 Å². The molecule has 19 heavy (non-hydrogen) atoms. The fourth-order valence-electron chi connectivity index (χ4n) is 1.82. The Balaban J connectivity index is 1.97. The third-order valence-electron chi connectivity index (χ3n) is 2.72. The second-order valence-electron chi connectivity index (χ2n) is 4.28. The van der Waals surface area contributed by atoms with Crippen LogP contribution in [-0.2, 0) is 17.8 Å². The first-order chi connectivity index (χ1) is 9.19. The maximum Gasteiger partial charge on any atom is 0.244 e. The average molecular weight is 278 g/mol. The smallest absolute Gasteiger partial charge is 0.244 e. The first-order valence-corrected chi connectivity index (χ1v) is 6.62. The second-order valence-corrected chi connectivity index (χ2v) is 4.71. The number of hydrogen-bond acceptors (Lipinski definition) is 2.